The molecule has 0 bridgehead atoms. The second-order valence-corrected chi connectivity index (χ2v) is 9.12. The molecule has 1 saturated heterocycles. The van der Waals surface area contributed by atoms with Gasteiger partial charge >= 0.3 is 0 Å². The number of amides is 2. The summed E-state index contributed by atoms with van der Waals surface area (Å²) in [5.41, 5.74) is 8.51. The fourth-order valence-corrected chi connectivity index (χ4v) is 4.98. The largest absolute Gasteiger partial charge is 0.481 e. The highest BCUT2D eigenvalue weighted by Crippen LogP contribution is 2.29. The van der Waals surface area contributed by atoms with Crippen LogP contribution in [0.25, 0.3) is 16.8 Å². The first-order valence-electron chi connectivity index (χ1n) is 12.0. The molecule has 1 saturated carbocycles. The smallest absolute Gasteiger partial charge is 0.253 e. The Bertz CT molecular complexity index is 1230. The number of nitrogens with two attached hydrogens (primary N) is 1. The van der Waals surface area contributed by atoms with E-state index in [1.807, 2.05) is 6.07 Å². The zero-order chi connectivity index (χ0) is 24.4. The van der Waals surface area contributed by atoms with E-state index in [1.165, 1.54) is 6.33 Å². The first-order valence-corrected chi connectivity index (χ1v) is 12.0. The number of nitrogens with zero attached hydrogens (tertiary/aromatic N) is 4. The molecule has 35 heavy (non-hydrogen) atoms. The van der Waals surface area contributed by atoms with Gasteiger partial charge in [0.1, 0.15) is 11.8 Å². The Morgan fingerprint density at radius 2 is 1.89 bits per heavy atom. The second kappa shape index (κ2) is 9.87. The van der Waals surface area contributed by atoms with Gasteiger partial charge in [0.15, 0.2) is 5.82 Å². The highest BCUT2D eigenvalue weighted by atomic mass is 16.5. The van der Waals surface area contributed by atoms with E-state index in [2.05, 4.69) is 31.0 Å². The number of carbonyl (C=O) groups excluding carboxylic acids is 2. The summed E-state index contributed by atoms with van der Waals surface area (Å²) in [5, 5.41) is 13.9. The van der Waals surface area contributed by atoms with Crippen molar-refractivity contribution in [1.82, 2.24) is 35.5 Å². The van der Waals surface area contributed by atoms with Crippen molar-refractivity contribution in [2.45, 2.75) is 56.7 Å². The molecule has 1 aliphatic heterocycles. The van der Waals surface area contributed by atoms with Crippen LogP contribution in [0.3, 0.4) is 0 Å². The van der Waals surface area contributed by atoms with Crippen LogP contribution >= 0.6 is 0 Å². The lowest BCUT2D eigenvalue weighted by Crippen LogP contribution is -2.48. The molecular formula is C24H30N8O3. The van der Waals surface area contributed by atoms with E-state index >= 15 is 0 Å². The third-order valence-corrected chi connectivity index (χ3v) is 6.85. The average molecular weight is 479 g/mol. The number of aromatic nitrogens is 4. The van der Waals surface area contributed by atoms with E-state index in [9.17, 15) is 9.59 Å². The molecule has 2 fully saturated rings. The molecule has 0 spiro atoms. The lowest BCUT2D eigenvalue weighted by Gasteiger charge is -2.30. The number of ether oxygens (including phenoxy) is 1. The minimum atomic E-state index is -0.223. The number of carbonyl (C=O) groups is 2. The van der Waals surface area contributed by atoms with E-state index in [1.54, 1.807) is 30.0 Å². The van der Waals surface area contributed by atoms with E-state index in [0.717, 1.165) is 50.6 Å². The van der Waals surface area contributed by atoms with Crippen molar-refractivity contribution in [3.63, 3.8) is 0 Å². The fraction of sp³-hybridized carbons (Fsp3) is 0.458. The van der Waals surface area contributed by atoms with Crippen molar-refractivity contribution in [2.24, 2.45) is 0 Å². The van der Waals surface area contributed by atoms with Gasteiger partial charge in [0.25, 0.3) is 5.91 Å². The van der Waals surface area contributed by atoms with Crippen LogP contribution in [0, 0.1) is 0 Å². The van der Waals surface area contributed by atoms with Crippen LogP contribution in [0.15, 0.2) is 30.7 Å². The monoisotopic (exact) mass is 478 g/mol. The van der Waals surface area contributed by atoms with Crippen molar-refractivity contribution < 1.29 is 14.3 Å². The maximum absolute atomic E-state index is 13.3. The predicted octanol–water partition coefficient (Wildman–Crippen LogP) is 1.29. The molecule has 11 heteroatoms. The van der Waals surface area contributed by atoms with Crippen molar-refractivity contribution in [3.8, 4) is 17.1 Å². The van der Waals surface area contributed by atoms with Gasteiger partial charge in [-0.1, -0.05) is 0 Å². The molecular weight excluding hydrogens is 448 g/mol. The Labute approximate surface area is 202 Å². The van der Waals surface area contributed by atoms with Gasteiger partial charge in [0.05, 0.1) is 24.4 Å². The van der Waals surface area contributed by atoms with Gasteiger partial charge in [-0.2, -0.15) is 5.10 Å². The highest BCUT2D eigenvalue weighted by Gasteiger charge is 2.29. The number of hydrogen-bond acceptors (Lipinski definition) is 8. The maximum Gasteiger partial charge on any atom is 0.253 e. The molecule has 2 aliphatic rings. The normalized spacial score (nSPS) is 22.1. The van der Waals surface area contributed by atoms with Gasteiger partial charge < -0.3 is 26.4 Å². The molecule has 5 rings (SSSR count). The Morgan fingerprint density at radius 1 is 1.11 bits per heavy atom. The van der Waals surface area contributed by atoms with E-state index in [0.29, 0.717) is 22.7 Å². The molecule has 184 valence electrons. The molecule has 2 amide bonds. The lowest BCUT2D eigenvalue weighted by atomic mass is 9.90. The van der Waals surface area contributed by atoms with Gasteiger partial charge in [-0.05, 0) is 57.2 Å². The molecule has 11 nitrogen and oxygen atoms in total. The third-order valence-electron chi connectivity index (χ3n) is 6.85. The topological polar surface area (TPSA) is 149 Å². The lowest BCUT2D eigenvalue weighted by molar-refractivity contribution is -0.123. The van der Waals surface area contributed by atoms with E-state index in [-0.39, 0.29) is 35.8 Å². The van der Waals surface area contributed by atoms with Crippen LogP contribution in [-0.4, -0.2) is 63.2 Å². The summed E-state index contributed by atoms with van der Waals surface area (Å²) in [6.45, 7) is 0.900. The highest BCUT2D eigenvalue weighted by molar-refractivity contribution is 6.05. The summed E-state index contributed by atoms with van der Waals surface area (Å²) in [6.07, 6.45) is 8.17. The molecule has 1 atom stereocenters. The molecule has 0 aromatic carbocycles. The van der Waals surface area contributed by atoms with Crippen LogP contribution in [0.1, 0.15) is 48.9 Å². The minimum Gasteiger partial charge on any atom is -0.481 e. The molecule has 5 N–H and O–H groups in total. The first-order chi connectivity index (χ1) is 17.0. The number of anilines is 1. The summed E-state index contributed by atoms with van der Waals surface area (Å²) in [6, 6.07) is 5.46. The summed E-state index contributed by atoms with van der Waals surface area (Å²) in [5.74, 6) is 0.548. The second-order valence-electron chi connectivity index (χ2n) is 9.12. The zero-order valence-corrected chi connectivity index (χ0v) is 19.7. The predicted molar refractivity (Wildman–Crippen MR) is 130 cm³/mol. The maximum atomic E-state index is 13.3. The van der Waals surface area contributed by atoms with Crippen LogP contribution in [-0.2, 0) is 4.79 Å². The third kappa shape index (κ3) is 4.76. The number of nitrogen functional groups attached to an aromatic ring is 1. The number of nitrogens with one attached hydrogen (secondary N) is 3. The number of pyridine rings is 1. The number of hydrogen-bond donors (Lipinski definition) is 4. The summed E-state index contributed by atoms with van der Waals surface area (Å²) >= 11 is 0. The number of fused-ring (bicyclic) bond motifs is 1. The summed E-state index contributed by atoms with van der Waals surface area (Å²) in [7, 11) is 1.55. The van der Waals surface area contributed by atoms with Crippen LogP contribution in [0.4, 0.5) is 5.82 Å². The van der Waals surface area contributed by atoms with Crippen molar-refractivity contribution >= 4 is 23.1 Å². The van der Waals surface area contributed by atoms with Crippen LogP contribution in [0.2, 0.25) is 0 Å². The van der Waals surface area contributed by atoms with E-state index < -0.39 is 0 Å². The van der Waals surface area contributed by atoms with Gasteiger partial charge in [0, 0.05) is 29.9 Å². The van der Waals surface area contributed by atoms with Gasteiger partial charge in [-0.25, -0.2) is 14.5 Å². The quantitative estimate of drug-likeness (QED) is 0.414. The molecule has 3 aromatic rings. The first kappa shape index (κ1) is 23.0. The summed E-state index contributed by atoms with van der Waals surface area (Å²) < 4.78 is 6.86. The Hall–Kier alpha value is -3.73. The average Bonchev–Trinajstić information content (AvgIpc) is 3.55. The number of methoxy groups -OCH3 is 1. The van der Waals surface area contributed by atoms with E-state index in [4.69, 9.17) is 10.5 Å². The molecule has 0 unspecified atom stereocenters. The zero-order valence-electron chi connectivity index (χ0n) is 19.7. The summed E-state index contributed by atoms with van der Waals surface area (Å²) in [4.78, 5) is 34.0. The molecule has 4 heterocycles. The fourth-order valence-electron chi connectivity index (χ4n) is 4.98. The minimum absolute atomic E-state index is 0.0190. The van der Waals surface area contributed by atoms with Gasteiger partial charge in [0.2, 0.25) is 11.8 Å². The molecule has 1 aliphatic carbocycles. The van der Waals surface area contributed by atoms with Gasteiger partial charge in [-0.3, -0.25) is 9.59 Å². The Balaban J connectivity index is 1.29. The van der Waals surface area contributed by atoms with Crippen molar-refractivity contribution in [3.05, 3.63) is 36.3 Å². The van der Waals surface area contributed by atoms with Crippen molar-refractivity contribution in [1.29, 1.82) is 0 Å². The molecule has 3 aromatic heterocycles. The Morgan fingerprint density at radius 3 is 2.60 bits per heavy atom. The van der Waals surface area contributed by atoms with Crippen LogP contribution in [0.5, 0.6) is 5.88 Å². The van der Waals surface area contributed by atoms with Crippen LogP contribution < -0.4 is 26.4 Å². The number of rotatable bonds is 6. The standard InChI is InChI=1S/C24H30N8O3/c1-35-20-11-14(8-10-27-20)19-12-17(21-22(25)28-13-29-32(19)21)23(33)30-15-4-6-16(7-5-15)31-24(34)18-3-2-9-26-18/h8,10-13,15-16,18,26H,2-7,9H2,1H3,(H,30,33)(H,31,34)(H2,25,28,29)/t15-,16-,18-/m1/s1. The van der Waals surface area contributed by atoms with Crippen molar-refractivity contribution in [2.75, 3.05) is 19.4 Å². The SMILES string of the molecule is COc1cc(-c2cc(C(=O)N[C@H]3CC[C@H](NC(=O)[C@H]4CCCN4)CC3)c3c(N)ncnn23)ccn1. The Kier molecular flexibility index (Phi) is 6.49. The molecule has 0 radical (unpaired) electrons. The van der Waals surface area contributed by atoms with Gasteiger partial charge in [-0.15, -0.1) is 0 Å².